The first-order valence-electron chi connectivity index (χ1n) is 6.82. The molecule has 0 saturated heterocycles. The zero-order valence-corrected chi connectivity index (χ0v) is 13.3. The van der Waals surface area contributed by atoms with Gasteiger partial charge in [0.05, 0.1) is 0 Å². The van der Waals surface area contributed by atoms with Gasteiger partial charge in [0, 0.05) is 0 Å². The van der Waals surface area contributed by atoms with Crippen LogP contribution in [0.2, 0.25) is 0 Å². The van der Waals surface area contributed by atoms with Gasteiger partial charge < -0.3 is 4.74 Å². The first-order valence-corrected chi connectivity index (χ1v) is 7.64. The minimum atomic E-state index is -2.95. The number of rotatable bonds is 6. The molecule has 1 heterocycles. The monoisotopic (exact) mass is 350 g/mol. The number of aryl methyl sites for hydroxylation is 1. The van der Waals surface area contributed by atoms with Gasteiger partial charge in [-0.1, -0.05) is 30.4 Å². The van der Waals surface area contributed by atoms with E-state index >= 15 is 0 Å². The number of halogens is 2. The molecule has 0 unspecified atom stereocenters. The van der Waals surface area contributed by atoms with Crippen LogP contribution in [0.4, 0.5) is 13.9 Å². The van der Waals surface area contributed by atoms with E-state index in [0.717, 1.165) is 5.01 Å². The van der Waals surface area contributed by atoms with Gasteiger partial charge in [-0.2, -0.15) is 14.0 Å². The molecule has 6 nitrogen and oxygen atoms in total. The number of hydrogen-bond acceptors (Lipinski definition) is 6. The molecule has 124 valence electrons. The summed E-state index contributed by atoms with van der Waals surface area (Å²) >= 11 is 1.21. The average Bonchev–Trinajstić information content (AvgIpc) is 2.99. The van der Waals surface area contributed by atoms with Crippen LogP contribution in [0.25, 0.3) is 6.08 Å². The van der Waals surface area contributed by atoms with Gasteiger partial charge in [-0.25, -0.2) is 0 Å². The molecule has 2 aromatic rings. The van der Waals surface area contributed by atoms with Crippen molar-refractivity contribution in [1.29, 1.82) is 5.26 Å². The summed E-state index contributed by atoms with van der Waals surface area (Å²) in [6.45, 7) is -1.05. The Balaban J connectivity index is 2.16. The number of benzene rings is 1. The second-order valence-corrected chi connectivity index (χ2v) is 5.49. The fourth-order valence-electron chi connectivity index (χ4n) is 1.71. The maximum absolute atomic E-state index is 12.2. The average molecular weight is 350 g/mol. The lowest BCUT2D eigenvalue weighted by molar-refractivity contribution is -0.112. The third kappa shape index (κ3) is 4.82. The molecule has 9 heteroatoms. The second-order valence-electron chi connectivity index (χ2n) is 4.43. The summed E-state index contributed by atoms with van der Waals surface area (Å²) < 4.78 is 28.7. The quantitative estimate of drug-likeness (QED) is 0.638. The van der Waals surface area contributed by atoms with Crippen molar-refractivity contribution in [3.05, 3.63) is 40.4 Å². The molecule has 0 fully saturated rings. The highest BCUT2D eigenvalue weighted by molar-refractivity contribution is 7.15. The fourth-order valence-corrected chi connectivity index (χ4v) is 2.38. The Morgan fingerprint density at radius 2 is 2.29 bits per heavy atom. The van der Waals surface area contributed by atoms with E-state index in [4.69, 9.17) is 5.26 Å². The van der Waals surface area contributed by atoms with E-state index in [0.29, 0.717) is 12.0 Å². The number of hydrogen-bond donors (Lipinski definition) is 1. The summed E-state index contributed by atoms with van der Waals surface area (Å²) in [6.07, 6.45) is 1.96. The third-order valence-electron chi connectivity index (χ3n) is 2.75. The SMILES string of the molecule is CCc1nnc(NC(=O)C(C#N)=Cc2cccc(OC(F)F)c2)s1. The molecule has 1 amide bonds. The molecule has 1 N–H and O–H groups in total. The lowest BCUT2D eigenvalue weighted by Gasteiger charge is -2.05. The zero-order valence-electron chi connectivity index (χ0n) is 12.5. The normalized spacial score (nSPS) is 11.2. The number of ether oxygens (including phenoxy) is 1. The van der Waals surface area contributed by atoms with E-state index in [2.05, 4.69) is 20.3 Å². The van der Waals surface area contributed by atoms with Gasteiger partial charge in [0.2, 0.25) is 5.13 Å². The summed E-state index contributed by atoms with van der Waals surface area (Å²) in [4.78, 5) is 12.1. The molecule has 1 aromatic carbocycles. The van der Waals surface area contributed by atoms with Crippen molar-refractivity contribution in [2.24, 2.45) is 0 Å². The molecule has 0 aliphatic rings. The topological polar surface area (TPSA) is 87.9 Å². The van der Waals surface area contributed by atoms with Gasteiger partial charge in [-0.15, -0.1) is 10.2 Å². The minimum absolute atomic E-state index is 0.0619. The van der Waals surface area contributed by atoms with Crippen LogP contribution >= 0.6 is 11.3 Å². The predicted octanol–water partition coefficient (Wildman–Crippen LogP) is 3.25. The summed E-state index contributed by atoms with van der Waals surface area (Å²) in [7, 11) is 0. The van der Waals surface area contributed by atoms with E-state index in [1.165, 1.54) is 35.6 Å². The van der Waals surface area contributed by atoms with E-state index in [9.17, 15) is 13.6 Å². The van der Waals surface area contributed by atoms with Crippen molar-refractivity contribution < 1.29 is 18.3 Å². The van der Waals surface area contributed by atoms with Gasteiger partial charge >= 0.3 is 6.61 Å². The molecule has 0 aliphatic carbocycles. The van der Waals surface area contributed by atoms with Crippen molar-refractivity contribution in [3.63, 3.8) is 0 Å². The summed E-state index contributed by atoms with van der Waals surface area (Å²) in [5.41, 5.74) is 0.184. The Hall–Kier alpha value is -2.86. The van der Waals surface area contributed by atoms with Gasteiger partial charge in [-0.3, -0.25) is 10.1 Å². The van der Waals surface area contributed by atoms with Crippen LogP contribution in [0.1, 0.15) is 17.5 Å². The number of nitrogens with zero attached hydrogens (tertiary/aromatic N) is 3. The van der Waals surface area contributed by atoms with Crippen molar-refractivity contribution in [2.45, 2.75) is 20.0 Å². The number of alkyl halides is 2. The van der Waals surface area contributed by atoms with Gasteiger partial charge in [0.25, 0.3) is 5.91 Å². The Labute approximate surface area is 140 Å². The molecular weight excluding hydrogens is 338 g/mol. The van der Waals surface area contributed by atoms with E-state index in [-0.39, 0.29) is 16.5 Å². The predicted molar refractivity (Wildman–Crippen MR) is 84.6 cm³/mol. The van der Waals surface area contributed by atoms with Crippen LogP contribution < -0.4 is 10.1 Å². The number of anilines is 1. The van der Waals surface area contributed by atoms with Gasteiger partial charge in [0.1, 0.15) is 22.4 Å². The van der Waals surface area contributed by atoms with Crippen LogP contribution in [0.5, 0.6) is 5.75 Å². The summed E-state index contributed by atoms with van der Waals surface area (Å²) in [5.74, 6) is -0.718. The third-order valence-corrected chi connectivity index (χ3v) is 3.73. The Morgan fingerprint density at radius 3 is 2.92 bits per heavy atom. The number of aromatic nitrogens is 2. The summed E-state index contributed by atoms with van der Waals surface area (Å²) in [6, 6.07) is 7.46. The molecule has 24 heavy (non-hydrogen) atoms. The molecule has 0 radical (unpaired) electrons. The van der Waals surface area contributed by atoms with Crippen molar-refractivity contribution >= 4 is 28.5 Å². The Morgan fingerprint density at radius 1 is 1.50 bits per heavy atom. The van der Waals surface area contributed by atoms with Crippen molar-refractivity contribution in [2.75, 3.05) is 5.32 Å². The van der Waals surface area contributed by atoms with Gasteiger partial charge in [-0.05, 0) is 30.2 Å². The molecule has 0 spiro atoms. The lowest BCUT2D eigenvalue weighted by Crippen LogP contribution is -2.13. The van der Waals surface area contributed by atoms with Gasteiger partial charge in [0.15, 0.2) is 0 Å². The number of carbonyl (C=O) groups is 1. The van der Waals surface area contributed by atoms with Crippen LogP contribution in [-0.4, -0.2) is 22.7 Å². The van der Waals surface area contributed by atoms with Crippen molar-refractivity contribution in [3.8, 4) is 11.8 Å². The lowest BCUT2D eigenvalue weighted by atomic mass is 10.1. The number of nitrogens with one attached hydrogen (secondary N) is 1. The minimum Gasteiger partial charge on any atom is -0.435 e. The first-order chi connectivity index (χ1) is 11.5. The number of nitriles is 1. The maximum atomic E-state index is 12.2. The molecule has 0 atom stereocenters. The van der Waals surface area contributed by atoms with E-state index in [1.54, 1.807) is 12.1 Å². The van der Waals surface area contributed by atoms with Crippen LogP contribution in [-0.2, 0) is 11.2 Å². The number of amides is 1. The second kappa shape index (κ2) is 8.12. The molecule has 0 aliphatic heterocycles. The van der Waals surface area contributed by atoms with E-state index in [1.807, 2.05) is 6.92 Å². The molecule has 2 rings (SSSR count). The van der Waals surface area contributed by atoms with E-state index < -0.39 is 12.5 Å². The molecule has 0 saturated carbocycles. The fraction of sp³-hybridized carbons (Fsp3) is 0.200. The largest absolute Gasteiger partial charge is 0.435 e. The van der Waals surface area contributed by atoms with Crippen molar-refractivity contribution in [1.82, 2.24) is 10.2 Å². The molecule has 0 bridgehead atoms. The van der Waals surface area contributed by atoms with Crippen LogP contribution in [0.3, 0.4) is 0 Å². The highest BCUT2D eigenvalue weighted by atomic mass is 32.1. The Bertz CT molecular complexity index is 799. The standard InChI is InChI=1S/C15H12F2N4O2S/c1-2-12-20-21-15(24-12)19-13(22)10(8-18)6-9-4-3-5-11(7-9)23-14(16)17/h3-7,14H,2H2,1H3,(H,19,21,22). The first kappa shape index (κ1) is 17.5. The van der Waals surface area contributed by atoms with Crippen LogP contribution in [0, 0.1) is 11.3 Å². The maximum Gasteiger partial charge on any atom is 0.387 e. The zero-order chi connectivity index (χ0) is 17.5. The Kier molecular flexibility index (Phi) is 5.92. The molecular formula is C15H12F2N4O2S. The highest BCUT2D eigenvalue weighted by Crippen LogP contribution is 2.19. The highest BCUT2D eigenvalue weighted by Gasteiger charge is 2.13. The van der Waals surface area contributed by atoms with Crippen LogP contribution in [0.15, 0.2) is 29.8 Å². The summed E-state index contributed by atoms with van der Waals surface area (Å²) in [5, 5.41) is 20.3. The molecule has 1 aromatic heterocycles. The smallest absolute Gasteiger partial charge is 0.387 e. The number of carbonyl (C=O) groups excluding carboxylic acids is 1.